The molecule has 0 bridgehead atoms. The summed E-state index contributed by atoms with van der Waals surface area (Å²) in [6.45, 7) is 2.09. The minimum Gasteiger partial charge on any atom is -0.316 e. The van der Waals surface area contributed by atoms with E-state index < -0.39 is 0 Å². The Morgan fingerprint density at radius 1 is 1.71 bits per heavy atom. The van der Waals surface area contributed by atoms with Gasteiger partial charge in [0, 0.05) is 19.1 Å². The first-order valence-electron chi connectivity index (χ1n) is 2.74. The molecule has 41 valence electrons. The predicted octanol–water partition coefficient (Wildman–Crippen LogP) is -0.417. The van der Waals surface area contributed by atoms with Gasteiger partial charge in [-0.15, -0.1) is 0 Å². The zero-order chi connectivity index (χ0) is 5.11. The molecule has 0 aromatic carbocycles. The highest BCUT2D eigenvalue weighted by atomic mass is 15.0. The maximum Gasteiger partial charge on any atom is 0.0287 e. The second kappa shape index (κ2) is 2.28. The van der Waals surface area contributed by atoms with Crippen molar-refractivity contribution in [2.24, 2.45) is 0 Å². The van der Waals surface area contributed by atoms with E-state index in [0.717, 1.165) is 13.1 Å². The van der Waals surface area contributed by atoms with Crippen molar-refractivity contribution in [3.8, 4) is 0 Å². The predicted molar refractivity (Wildman–Crippen MR) is 29.3 cm³/mol. The average molecular weight is 99.2 g/mol. The number of nitrogens with one attached hydrogen (secondary N) is 1. The molecule has 1 N–H and O–H groups in total. The van der Waals surface area contributed by atoms with Crippen molar-refractivity contribution >= 4 is 0 Å². The average Bonchev–Trinajstić information content (AvgIpc) is 2.14. The van der Waals surface area contributed by atoms with Crippen LogP contribution in [0.25, 0.3) is 0 Å². The molecule has 1 heterocycles. The number of rotatable bonds is 1. The van der Waals surface area contributed by atoms with Crippen LogP contribution in [0.15, 0.2) is 0 Å². The molecule has 0 aromatic rings. The van der Waals surface area contributed by atoms with E-state index in [-0.39, 0.29) is 0 Å². The SMILES string of the molecule is CN[C@H]1CC[N]C1. The summed E-state index contributed by atoms with van der Waals surface area (Å²) in [7, 11) is 1.99. The van der Waals surface area contributed by atoms with E-state index in [1.807, 2.05) is 7.05 Å². The first-order chi connectivity index (χ1) is 3.43. The van der Waals surface area contributed by atoms with Crippen molar-refractivity contribution in [1.29, 1.82) is 0 Å². The van der Waals surface area contributed by atoms with Gasteiger partial charge in [-0.1, -0.05) is 0 Å². The third-order valence-corrected chi connectivity index (χ3v) is 1.39. The van der Waals surface area contributed by atoms with Crippen molar-refractivity contribution in [2.45, 2.75) is 12.5 Å². The molecule has 1 aliphatic heterocycles. The van der Waals surface area contributed by atoms with Crippen molar-refractivity contribution in [3.63, 3.8) is 0 Å². The van der Waals surface area contributed by atoms with Gasteiger partial charge in [-0.05, 0) is 13.5 Å². The highest BCUT2D eigenvalue weighted by Gasteiger charge is 2.11. The minimum atomic E-state index is 0.681. The van der Waals surface area contributed by atoms with Gasteiger partial charge in [0.25, 0.3) is 0 Å². The quantitative estimate of drug-likeness (QED) is 0.475. The number of nitrogens with zero attached hydrogens (tertiary/aromatic N) is 1. The highest BCUT2D eigenvalue weighted by Crippen LogP contribution is 1.95. The summed E-state index contributed by atoms with van der Waals surface area (Å²) in [6, 6.07) is 0.681. The van der Waals surface area contributed by atoms with Gasteiger partial charge in [-0.3, -0.25) is 0 Å². The van der Waals surface area contributed by atoms with Gasteiger partial charge in [-0.2, -0.15) is 0 Å². The molecule has 1 radical (unpaired) electrons. The summed E-state index contributed by atoms with van der Waals surface area (Å²) in [6.07, 6.45) is 1.23. The second-order valence-corrected chi connectivity index (χ2v) is 1.90. The largest absolute Gasteiger partial charge is 0.316 e. The van der Waals surface area contributed by atoms with Crippen LogP contribution < -0.4 is 10.6 Å². The van der Waals surface area contributed by atoms with Crippen LogP contribution in [0.2, 0.25) is 0 Å². The Morgan fingerprint density at radius 3 is 2.86 bits per heavy atom. The van der Waals surface area contributed by atoms with Gasteiger partial charge < -0.3 is 5.32 Å². The van der Waals surface area contributed by atoms with E-state index in [1.54, 1.807) is 0 Å². The third-order valence-electron chi connectivity index (χ3n) is 1.39. The molecule has 0 aliphatic carbocycles. The monoisotopic (exact) mass is 99.1 g/mol. The van der Waals surface area contributed by atoms with Crippen LogP contribution in [-0.4, -0.2) is 26.2 Å². The Hall–Kier alpha value is -0.0800. The van der Waals surface area contributed by atoms with E-state index in [1.165, 1.54) is 6.42 Å². The van der Waals surface area contributed by atoms with Crippen LogP contribution in [-0.2, 0) is 0 Å². The number of hydrogen-bond acceptors (Lipinski definition) is 1. The lowest BCUT2D eigenvalue weighted by Gasteiger charge is -2.01. The molecule has 1 fully saturated rings. The number of hydrogen-bond donors (Lipinski definition) is 1. The van der Waals surface area contributed by atoms with Gasteiger partial charge in [0.2, 0.25) is 0 Å². The minimum absolute atomic E-state index is 0.681. The molecule has 0 spiro atoms. The van der Waals surface area contributed by atoms with Gasteiger partial charge in [0.05, 0.1) is 0 Å². The Kier molecular flexibility index (Phi) is 1.65. The van der Waals surface area contributed by atoms with E-state index in [9.17, 15) is 0 Å². The van der Waals surface area contributed by atoms with E-state index in [4.69, 9.17) is 0 Å². The molecule has 0 amide bonds. The molecule has 0 saturated carbocycles. The molecule has 2 nitrogen and oxygen atoms in total. The van der Waals surface area contributed by atoms with Gasteiger partial charge in [0.1, 0.15) is 0 Å². The van der Waals surface area contributed by atoms with Crippen LogP contribution in [0.4, 0.5) is 0 Å². The fraction of sp³-hybridized carbons (Fsp3) is 1.00. The molecule has 1 rings (SSSR count). The zero-order valence-corrected chi connectivity index (χ0v) is 4.65. The Balaban J connectivity index is 2.14. The van der Waals surface area contributed by atoms with Crippen LogP contribution in [0, 0.1) is 0 Å². The first-order valence-corrected chi connectivity index (χ1v) is 2.74. The lowest BCUT2D eigenvalue weighted by molar-refractivity contribution is 0.610. The van der Waals surface area contributed by atoms with Gasteiger partial charge >= 0.3 is 0 Å². The molecule has 1 atom stereocenters. The molecule has 0 unspecified atom stereocenters. The molecule has 0 aromatic heterocycles. The molecule has 1 aliphatic rings. The van der Waals surface area contributed by atoms with Crippen LogP contribution in [0.5, 0.6) is 0 Å². The maximum atomic E-state index is 4.17. The zero-order valence-electron chi connectivity index (χ0n) is 4.65. The molecule has 1 saturated heterocycles. The fourth-order valence-corrected chi connectivity index (χ4v) is 0.821. The van der Waals surface area contributed by atoms with Gasteiger partial charge in [-0.25, -0.2) is 5.32 Å². The number of likely N-dealkylation sites (N-methyl/N-ethyl adjacent to an activating group) is 1. The van der Waals surface area contributed by atoms with Crippen molar-refractivity contribution in [1.82, 2.24) is 10.6 Å². The summed E-state index contributed by atoms with van der Waals surface area (Å²) in [5.41, 5.74) is 0. The van der Waals surface area contributed by atoms with E-state index in [0.29, 0.717) is 6.04 Å². The molecular formula is C5H11N2. The van der Waals surface area contributed by atoms with E-state index >= 15 is 0 Å². The lowest BCUT2D eigenvalue weighted by atomic mass is 10.3. The van der Waals surface area contributed by atoms with Crippen LogP contribution >= 0.6 is 0 Å². The molecule has 7 heavy (non-hydrogen) atoms. The summed E-state index contributed by atoms with van der Waals surface area (Å²) in [5.74, 6) is 0. The summed E-state index contributed by atoms with van der Waals surface area (Å²) < 4.78 is 0. The summed E-state index contributed by atoms with van der Waals surface area (Å²) in [4.78, 5) is 0. The maximum absolute atomic E-state index is 4.17. The third kappa shape index (κ3) is 1.14. The van der Waals surface area contributed by atoms with Crippen molar-refractivity contribution in [2.75, 3.05) is 20.1 Å². The summed E-state index contributed by atoms with van der Waals surface area (Å²) in [5, 5.41) is 7.34. The van der Waals surface area contributed by atoms with Gasteiger partial charge in [0.15, 0.2) is 0 Å². The Labute approximate surface area is 44.3 Å². The van der Waals surface area contributed by atoms with Crippen LogP contribution in [0.1, 0.15) is 6.42 Å². The van der Waals surface area contributed by atoms with Crippen molar-refractivity contribution in [3.05, 3.63) is 0 Å². The van der Waals surface area contributed by atoms with Crippen molar-refractivity contribution < 1.29 is 0 Å². The Morgan fingerprint density at radius 2 is 2.57 bits per heavy atom. The summed E-state index contributed by atoms with van der Waals surface area (Å²) >= 11 is 0. The second-order valence-electron chi connectivity index (χ2n) is 1.90. The highest BCUT2D eigenvalue weighted by molar-refractivity contribution is 4.74. The Bertz CT molecular complexity index is 48.0. The van der Waals surface area contributed by atoms with Crippen LogP contribution in [0.3, 0.4) is 0 Å². The first kappa shape index (κ1) is 5.06. The standard InChI is InChI=1S/C5H11N2/c1-6-5-2-3-7-4-5/h5-6H,2-4H2,1H3/t5-/m0/s1. The lowest BCUT2D eigenvalue weighted by Crippen LogP contribution is -2.25. The normalized spacial score (nSPS) is 31.3. The fourth-order valence-electron chi connectivity index (χ4n) is 0.821. The smallest absolute Gasteiger partial charge is 0.0287 e. The molecular weight excluding hydrogens is 88.1 g/mol. The van der Waals surface area contributed by atoms with E-state index in [2.05, 4.69) is 10.6 Å². The topological polar surface area (TPSA) is 26.1 Å². The molecule has 2 heteroatoms.